The molecule has 1 aromatic heterocycles. The molecule has 0 fully saturated rings. The van der Waals surface area contributed by atoms with Gasteiger partial charge in [0.25, 0.3) is 5.69 Å². The number of aromatic nitrogens is 1. The molecule has 1 aromatic carbocycles. The third-order valence-electron chi connectivity index (χ3n) is 3.54. The Kier molecular flexibility index (Phi) is 5.07. The molecule has 0 N–H and O–H groups in total. The molecular weight excluding hydrogens is 318 g/mol. The molecule has 0 spiro atoms. The van der Waals surface area contributed by atoms with E-state index in [1.807, 2.05) is 12.1 Å². The first-order chi connectivity index (χ1) is 10.8. The van der Waals surface area contributed by atoms with E-state index in [1.165, 1.54) is 36.5 Å². The molecule has 0 atom stereocenters. The fourth-order valence-corrected chi connectivity index (χ4v) is 3.39. The lowest BCUT2D eigenvalue weighted by Gasteiger charge is -2.17. The fourth-order valence-electron chi connectivity index (χ4n) is 2.13. The van der Waals surface area contributed by atoms with Crippen molar-refractivity contribution in [2.75, 3.05) is 13.6 Å². The maximum Gasteiger partial charge on any atom is 0.272 e. The van der Waals surface area contributed by atoms with Crippen LogP contribution in [-0.4, -0.2) is 36.2 Å². The summed E-state index contributed by atoms with van der Waals surface area (Å²) < 4.78 is 26.3. The lowest BCUT2D eigenvalue weighted by molar-refractivity contribution is -0.385. The number of nitro groups is 1. The number of benzene rings is 1. The minimum Gasteiger partial charge on any atom is -0.265 e. The Morgan fingerprint density at radius 3 is 2.43 bits per heavy atom. The van der Waals surface area contributed by atoms with Crippen LogP contribution in [0.1, 0.15) is 11.1 Å². The molecule has 122 valence electrons. The SMILES string of the molecule is Cc1cc(S(=O)(=O)N(C)CCc2ccncc2)ccc1[N+](=O)[O-]. The van der Waals surface area contributed by atoms with Crippen LogP contribution in [0.3, 0.4) is 0 Å². The maximum atomic E-state index is 12.5. The standard InChI is InChI=1S/C15H17N3O4S/c1-12-11-14(3-4-15(12)18(19)20)23(21,22)17(2)10-7-13-5-8-16-9-6-13/h3-6,8-9,11H,7,10H2,1-2H3. The Balaban J connectivity index is 2.17. The first-order valence-electron chi connectivity index (χ1n) is 6.92. The second-order valence-electron chi connectivity index (χ2n) is 5.14. The lowest BCUT2D eigenvalue weighted by Crippen LogP contribution is -2.29. The van der Waals surface area contributed by atoms with E-state index in [2.05, 4.69) is 4.98 Å². The van der Waals surface area contributed by atoms with Crippen LogP contribution < -0.4 is 0 Å². The zero-order chi connectivity index (χ0) is 17.0. The summed E-state index contributed by atoms with van der Waals surface area (Å²) in [6.07, 6.45) is 3.87. The Morgan fingerprint density at radius 1 is 1.22 bits per heavy atom. The van der Waals surface area contributed by atoms with Crippen LogP contribution in [0.2, 0.25) is 0 Å². The number of likely N-dealkylation sites (N-methyl/N-ethyl adjacent to an activating group) is 1. The van der Waals surface area contributed by atoms with Gasteiger partial charge in [-0.2, -0.15) is 0 Å². The monoisotopic (exact) mass is 335 g/mol. The van der Waals surface area contributed by atoms with Crippen LogP contribution in [0.5, 0.6) is 0 Å². The van der Waals surface area contributed by atoms with E-state index in [9.17, 15) is 18.5 Å². The second-order valence-corrected chi connectivity index (χ2v) is 7.18. The van der Waals surface area contributed by atoms with Gasteiger partial charge in [-0.3, -0.25) is 15.1 Å². The predicted molar refractivity (Wildman–Crippen MR) is 85.6 cm³/mol. The minimum absolute atomic E-state index is 0.0535. The molecule has 1 heterocycles. The molecule has 0 radical (unpaired) electrons. The van der Waals surface area contributed by atoms with Gasteiger partial charge in [0.2, 0.25) is 10.0 Å². The highest BCUT2D eigenvalue weighted by atomic mass is 32.2. The van der Waals surface area contributed by atoms with Crippen molar-refractivity contribution in [3.05, 3.63) is 64.0 Å². The third-order valence-corrected chi connectivity index (χ3v) is 5.39. The van der Waals surface area contributed by atoms with Crippen LogP contribution >= 0.6 is 0 Å². The van der Waals surface area contributed by atoms with Crippen molar-refractivity contribution in [2.24, 2.45) is 0 Å². The van der Waals surface area contributed by atoms with Crippen molar-refractivity contribution in [1.82, 2.24) is 9.29 Å². The van der Waals surface area contributed by atoms with Gasteiger partial charge in [-0.1, -0.05) is 0 Å². The number of hydrogen-bond acceptors (Lipinski definition) is 5. The zero-order valence-electron chi connectivity index (χ0n) is 12.8. The number of nitro benzene ring substituents is 1. The zero-order valence-corrected chi connectivity index (χ0v) is 13.7. The third kappa shape index (κ3) is 3.91. The molecular formula is C15H17N3O4S. The summed E-state index contributed by atoms with van der Waals surface area (Å²) in [4.78, 5) is 14.3. The van der Waals surface area contributed by atoms with Crippen molar-refractivity contribution in [3.8, 4) is 0 Å². The molecule has 0 aliphatic rings. The Hall–Kier alpha value is -2.32. The van der Waals surface area contributed by atoms with E-state index in [-0.39, 0.29) is 10.6 Å². The topological polar surface area (TPSA) is 93.4 Å². The molecule has 0 bridgehead atoms. The molecule has 0 aliphatic carbocycles. The van der Waals surface area contributed by atoms with E-state index < -0.39 is 14.9 Å². The first-order valence-corrected chi connectivity index (χ1v) is 8.36. The average molecular weight is 335 g/mol. The van der Waals surface area contributed by atoms with E-state index in [1.54, 1.807) is 12.4 Å². The molecule has 0 amide bonds. The maximum absolute atomic E-state index is 12.5. The summed E-state index contributed by atoms with van der Waals surface area (Å²) >= 11 is 0. The number of sulfonamides is 1. The molecule has 23 heavy (non-hydrogen) atoms. The molecule has 7 nitrogen and oxygen atoms in total. The van der Waals surface area contributed by atoms with Crippen LogP contribution in [0.15, 0.2) is 47.6 Å². The molecule has 0 unspecified atom stereocenters. The highest BCUT2D eigenvalue weighted by molar-refractivity contribution is 7.89. The molecule has 0 saturated carbocycles. The number of pyridine rings is 1. The molecule has 0 aliphatic heterocycles. The van der Waals surface area contributed by atoms with Crippen LogP contribution in [-0.2, 0) is 16.4 Å². The van der Waals surface area contributed by atoms with Crippen LogP contribution in [0.4, 0.5) is 5.69 Å². The largest absolute Gasteiger partial charge is 0.272 e. The first kappa shape index (κ1) is 17.0. The molecule has 0 saturated heterocycles. The fraction of sp³-hybridized carbons (Fsp3) is 0.267. The Morgan fingerprint density at radius 2 is 1.87 bits per heavy atom. The normalized spacial score (nSPS) is 11.6. The van der Waals surface area contributed by atoms with Crippen molar-refractivity contribution in [1.29, 1.82) is 0 Å². The van der Waals surface area contributed by atoms with Gasteiger partial charge in [0.05, 0.1) is 9.82 Å². The van der Waals surface area contributed by atoms with Gasteiger partial charge in [0.1, 0.15) is 0 Å². The summed E-state index contributed by atoms with van der Waals surface area (Å²) in [5, 5.41) is 10.8. The van der Waals surface area contributed by atoms with Crippen molar-refractivity contribution in [3.63, 3.8) is 0 Å². The Labute approximate surface area is 134 Å². The number of nitrogens with zero attached hydrogens (tertiary/aromatic N) is 3. The number of rotatable bonds is 6. The second kappa shape index (κ2) is 6.84. The van der Waals surface area contributed by atoms with Gasteiger partial charge < -0.3 is 0 Å². The smallest absolute Gasteiger partial charge is 0.265 e. The Bertz CT molecular complexity index is 807. The summed E-state index contributed by atoms with van der Waals surface area (Å²) in [6.45, 7) is 1.83. The van der Waals surface area contributed by atoms with E-state index in [0.717, 1.165) is 5.56 Å². The van der Waals surface area contributed by atoms with Crippen molar-refractivity contribution >= 4 is 15.7 Å². The summed E-state index contributed by atoms with van der Waals surface area (Å²) in [5.41, 5.74) is 1.21. The van der Waals surface area contributed by atoms with Gasteiger partial charge in [0, 0.05) is 37.6 Å². The number of aryl methyl sites for hydroxylation is 1. The summed E-state index contributed by atoms with van der Waals surface area (Å²) in [7, 11) is -2.19. The van der Waals surface area contributed by atoms with Gasteiger partial charge in [-0.25, -0.2) is 12.7 Å². The van der Waals surface area contributed by atoms with Crippen LogP contribution in [0, 0.1) is 17.0 Å². The van der Waals surface area contributed by atoms with E-state index >= 15 is 0 Å². The van der Waals surface area contributed by atoms with E-state index in [4.69, 9.17) is 0 Å². The molecule has 2 rings (SSSR count). The molecule has 8 heteroatoms. The molecule has 2 aromatic rings. The van der Waals surface area contributed by atoms with Gasteiger partial charge in [-0.15, -0.1) is 0 Å². The van der Waals surface area contributed by atoms with Gasteiger partial charge in [0.15, 0.2) is 0 Å². The minimum atomic E-state index is -3.68. The highest BCUT2D eigenvalue weighted by Crippen LogP contribution is 2.23. The predicted octanol–water partition coefficient (Wildman–Crippen LogP) is 2.16. The van der Waals surface area contributed by atoms with Gasteiger partial charge in [-0.05, 0) is 43.2 Å². The van der Waals surface area contributed by atoms with E-state index in [0.29, 0.717) is 18.5 Å². The summed E-state index contributed by atoms with van der Waals surface area (Å²) in [6, 6.07) is 7.48. The number of hydrogen-bond donors (Lipinski definition) is 0. The van der Waals surface area contributed by atoms with Crippen LogP contribution in [0.25, 0.3) is 0 Å². The van der Waals surface area contributed by atoms with Gasteiger partial charge >= 0.3 is 0 Å². The van der Waals surface area contributed by atoms with Crippen molar-refractivity contribution in [2.45, 2.75) is 18.2 Å². The summed E-state index contributed by atoms with van der Waals surface area (Å²) in [5.74, 6) is 0. The van der Waals surface area contributed by atoms with Crippen molar-refractivity contribution < 1.29 is 13.3 Å². The average Bonchev–Trinajstić information content (AvgIpc) is 2.53. The quantitative estimate of drug-likeness (QED) is 0.595. The highest BCUT2D eigenvalue weighted by Gasteiger charge is 2.22. The lowest BCUT2D eigenvalue weighted by atomic mass is 10.2.